The van der Waals surface area contributed by atoms with Crippen molar-refractivity contribution in [1.82, 2.24) is 4.57 Å². The number of rotatable bonds is 8. The van der Waals surface area contributed by atoms with Gasteiger partial charge in [0.2, 0.25) is 0 Å². The van der Waals surface area contributed by atoms with Gasteiger partial charge in [0.15, 0.2) is 0 Å². The molecule has 2 N–H and O–H groups in total. The molecule has 0 saturated heterocycles. The zero-order valence-electron chi connectivity index (χ0n) is 20.6. The first-order chi connectivity index (χ1) is 15.7. The number of aromatic nitrogens is 1. The van der Waals surface area contributed by atoms with Crippen molar-refractivity contribution in [1.29, 1.82) is 0 Å². The van der Waals surface area contributed by atoms with Gasteiger partial charge in [0, 0.05) is 53.3 Å². The summed E-state index contributed by atoms with van der Waals surface area (Å²) in [5.41, 5.74) is 6.36. The molecule has 0 fully saturated rings. The Morgan fingerprint density at radius 2 is 1.82 bits per heavy atom. The van der Waals surface area contributed by atoms with Crippen LogP contribution in [0.3, 0.4) is 0 Å². The highest BCUT2D eigenvalue weighted by atomic mass is 32.1. The van der Waals surface area contributed by atoms with Crippen LogP contribution in [-0.2, 0) is 19.9 Å². The van der Waals surface area contributed by atoms with Crippen LogP contribution in [0.2, 0.25) is 0 Å². The van der Waals surface area contributed by atoms with Crippen LogP contribution >= 0.6 is 12.2 Å². The van der Waals surface area contributed by atoms with Crippen LogP contribution in [0.15, 0.2) is 41.5 Å². The molecule has 0 spiro atoms. The first-order valence-electron chi connectivity index (χ1n) is 11.9. The van der Waals surface area contributed by atoms with E-state index in [-0.39, 0.29) is 23.3 Å². The molecule has 0 aliphatic rings. The molecule has 0 radical (unpaired) electrons. The fourth-order valence-corrected chi connectivity index (χ4v) is 4.99. The van der Waals surface area contributed by atoms with E-state index in [9.17, 15) is 10.2 Å². The van der Waals surface area contributed by atoms with Crippen LogP contribution in [0.25, 0.3) is 10.9 Å². The standard InChI is InChI=1S/C28H36N2O2S/c1-7-20-14-23(27(32)15-26(20)31)18(5)24(9-3)29-28(33)21(8-2)12-19-10-11-25-22(13-19)17(4)16-30(25)6/h10-11,13-16,18,21,31-32H,7-9,12H2,1-6H3. The Morgan fingerprint density at radius 3 is 2.45 bits per heavy atom. The number of thiocarbonyl (C=S) groups is 1. The van der Waals surface area contributed by atoms with Crippen molar-refractivity contribution in [3.63, 3.8) is 0 Å². The highest BCUT2D eigenvalue weighted by molar-refractivity contribution is 7.80. The minimum Gasteiger partial charge on any atom is -0.508 e. The molecule has 176 valence electrons. The largest absolute Gasteiger partial charge is 0.508 e. The van der Waals surface area contributed by atoms with Crippen molar-refractivity contribution in [2.75, 3.05) is 0 Å². The average molecular weight is 465 g/mol. The van der Waals surface area contributed by atoms with Gasteiger partial charge in [-0.15, -0.1) is 0 Å². The average Bonchev–Trinajstić information content (AvgIpc) is 3.08. The number of aryl methyl sites for hydroxylation is 3. The number of aliphatic imine (C=N–C) groups is 1. The minimum absolute atomic E-state index is 0.0836. The number of aromatic hydroxyl groups is 2. The molecule has 2 atom stereocenters. The number of nitrogens with zero attached hydrogens (tertiary/aromatic N) is 2. The maximum atomic E-state index is 10.5. The second kappa shape index (κ2) is 10.5. The van der Waals surface area contributed by atoms with E-state index in [1.807, 2.05) is 19.9 Å². The molecule has 3 rings (SSSR count). The lowest BCUT2D eigenvalue weighted by molar-refractivity contribution is 0.441. The Bertz CT molecular complexity index is 1190. The zero-order chi connectivity index (χ0) is 24.3. The molecular formula is C28H36N2O2S. The number of benzene rings is 2. The van der Waals surface area contributed by atoms with Crippen LogP contribution in [-0.4, -0.2) is 25.5 Å². The van der Waals surface area contributed by atoms with Crippen molar-refractivity contribution in [3.8, 4) is 11.5 Å². The van der Waals surface area contributed by atoms with E-state index in [1.54, 1.807) is 0 Å². The molecule has 0 saturated carbocycles. The summed E-state index contributed by atoms with van der Waals surface area (Å²) in [5.74, 6) is 0.325. The zero-order valence-corrected chi connectivity index (χ0v) is 21.5. The van der Waals surface area contributed by atoms with Crippen molar-refractivity contribution in [2.45, 2.75) is 66.2 Å². The third-order valence-electron chi connectivity index (χ3n) is 6.77. The maximum Gasteiger partial charge on any atom is 0.123 e. The Morgan fingerprint density at radius 1 is 1.09 bits per heavy atom. The van der Waals surface area contributed by atoms with E-state index in [0.717, 1.165) is 41.1 Å². The molecule has 2 aromatic carbocycles. The summed E-state index contributed by atoms with van der Waals surface area (Å²) in [6, 6.07) is 9.99. The summed E-state index contributed by atoms with van der Waals surface area (Å²) in [7, 11) is 2.08. The number of hydrogen-bond acceptors (Lipinski definition) is 3. The SMILES string of the molecule is CCC(=NC(=S)C(CC)Cc1ccc2c(c1)c(C)cn2C)C(C)c1cc(CC)c(O)cc1O. The Hall–Kier alpha value is -2.66. The molecule has 4 nitrogen and oxygen atoms in total. The van der Waals surface area contributed by atoms with Crippen LogP contribution in [0.1, 0.15) is 68.7 Å². The van der Waals surface area contributed by atoms with Crippen molar-refractivity contribution < 1.29 is 10.2 Å². The first-order valence-corrected chi connectivity index (χ1v) is 12.3. The summed E-state index contributed by atoms with van der Waals surface area (Å²) in [5, 5.41) is 21.8. The third-order valence-corrected chi connectivity index (χ3v) is 7.19. The molecule has 0 aliphatic carbocycles. The van der Waals surface area contributed by atoms with E-state index in [0.29, 0.717) is 6.42 Å². The molecule has 0 amide bonds. The molecule has 5 heteroatoms. The fraction of sp³-hybridized carbons (Fsp3) is 0.429. The minimum atomic E-state index is -0.0836. The van der Waals surface area contributed by atoms with Gasteiger partial charge in [-0.25, -0.2) is 4.99 Å². The Kier molecular flexibility index (Phi) is 7.96. The monoisotopic (exact) mass is 464 g/mol. The van der Waals surface area contributed by atoms with E-state index in [1.165, 1.54) is 28.1 Å². The van der Waals surface area contributed by atoms with Gasteiger partial charge in [0.1, 0.15) is 16.5 Å². The summed E-state index contributed by atoms with van der Waals surface area (Å²) in [6.07, 6.45) is 5.39. The highest BCUT2D eigenvalue weighted by Crippen LogP contribution is 2.34. The fourth-order valence-electron chi connectivity index (χ4n) is 4.62. The predicted molar refractivity (Wildman–Crippen MR) is 143 cm³/mol. The number of phenolic OH excluding ortho intramolecular Hbond substituents is 2. The molecule has 1 heterocycles. The molecule has 0 bridgehead atoms. The van der Waals surface area contributed by atoms with Crippen LogP contribution < -0.4 is 0 Å². The van der Waals surface area contributed by atoms with Crippen LogP contribution in [0.5, 0.6) is 11.5 Å². The third kappa shape index (κ3) is 5.30. The normalized spacial score (nSPS) is 13.9. The van der Waals surface area contributed by atoms with Gasteiger partial charge in [-0.3, -0.25) is 0 Å². The summed E-state index contributed by atoms with van der Waals surface area (Å²) in [4.78, 5) is 5.63. The second-order valence-corrected chi connectivity index (χ2v) is 9.41. The highest BCUT2D eigenvalue weighted by Gasteiger charge is 2.20. The quantitative estimate of drug-likeness (QED) is 0.278. The van der Waals surface area contributed by atoms with Crippen LogP contribution in [0.4, 0.5) is 0 Å². The lowest BCUT2D eigenvalue weighted by Gasteiger charge is -2.20. The van der Waals surface area contributed by atoms with Crippen molar-refractivity contribution >= 4 is 33.8 Å². The Balaban J connectivity index is 1.85. The topological polar surface area (TPSA) is 57.8 Å². The van der Waals surface area contributed by atoms with Crippen molar-refractivity contribution in [2.24, 2.45) is 18.0 Å². The van der Waals surface area contributed by atoms with Gasteiger partial charge in [-0.05, 0) is 67.5 Å². The van der Waals surface area contributed by atoms with Crippen LogP contribution in [0, 0.1) is 12.8 Å². The van der Waals surface area contributed by atoms with Gasteiger partial charge in [0.25, 0.3) is 0 Å². The molecule has 3 aromatic rings. The van der Waals surface area contributed by atoms with E-state index in [2.05, 4.69) is 56.8 Å². The first kappa shape index (κ1) is 25.0. The summed E-state index contributed by atoms with van der Waals surface area (Å²) >= 11 is 5.82. The summed E-state index contributed by atoms with van der Waals surface area (Å²) in [6.45, 7) is 10.4. The van der Waals surface area contributed by atoms with E-state index >= 15 is 0 Å². The van der Waals surface area contributed by atoms with Gasteiger partial charge >= 0.3 is 0 Å². The van der Waals surface area contributed by atoms with Gasteiger partial charge in [-0.2, -0.15) is 0 Å². The van der Waals surface area contributed by atoms with E-state index in [4.69, 9.17) is 17.2 Å². The lowest BCUT2D eigenvalue weighted by Crippen LogP contribution is -2.17. The molecule has 1 aromatic heterocycles. The number of hydrogen-bond donors (Lipinski definition) is 2. The Labute approximate surface area is 203 Å². The number of fused-ring (bicyclic) bond motifs is 1. The molecule has 2 unspecified atom stereocenters. The lowest BCUT2D eigenvalue weighted by atomic mass is 9.91. The van der Waals surface area contributed by atoms with Gasteiger partial charge < -0.3 is 14.8 Å². The van der Waals surface area contributed by atoms with E-state index < -0.39 is 0 Å². The molecular weight excluding hydrogens is 428 g/mol. The van der Waals surface area contributed by atoms with Gasteiger partial charge in [-0.1, -0.05) is 46.0 Å². The smallest absolute Gasteiger partial charge is 0.123 e. The summed E-state index contributed by atoms with van der Waals surface area (Å²) < 4.78 is 2.16. The molecule has 33 heavy (non-hydrogen) atoms. The predicted octanol–water partition coefficient (Wildman–Crippen LogP) is 7.01. The molecule has 0 aliphatic heterocycles. The van der Waals surface area contributed by atoms with Crippen molar-refractivity contribution in [3.05, 3.63) is 58.8 Å². The maximum absolute atomic E-state index is 10.5. The second-order valence-electron chi connectivity index (χ2n) is 8.99. The van der Waals surface area contributed by atoms with Gasteiger partial charge in [0.05, 0.1) is 0 Å². The number of phenols is 2.